The second-order valence-corrected chi connectivity index (χ2v) is 4.28. The normalized spacial score (nSPS) is 12.4. The van der Waals surface area contributed by atoms with Crippen molar-refractivity contribution in [2.75, 3.05) is 0 Å². The molecule has 0 radical (unpaired) electrons. The molecule has 0 aliphatic heterocycles. The standard InChI is InChI=1S/C15H17N/c1-11-5-3-7-14(9-11)15-8-4-6-13(10-15)12(2)16/h3-10,12H,16H2,1-2H3/t12-/m1/s1. The quantitative estimate of drug-likeness (QED) is 0.805. The van der Waals surface area contributed by atoms with Crippen molar-refractivity contribution in [2.45, 2.75) is 19.9 Å². The van der Waals surface area contributed by atoms with Gasteiger partial charge in [-0.05, 0) is 36.6 Å². The van der Waals surface area contributed by atoms with Gasteiger partial charge in [0.05, 0.1) is 0 Å². The van der Waals surface area contributed by atoms with Crippen LogP contribution in [0.3, 0.4) is 0 Å². The molecule has 0 amide bonds. The summed E-state index contributed by atoms with van der Waals surface area (Å²) in [6.07, 6.45) is 0. The predicted molar refractivity (Wildman–Crippen MR) is 69.2 cm³/mol. The summed E-state index contributed by atoms with van der Waals surface area (Å²) >= 11 is 0. The van der Waals surface area contributed by atoms with E-state index >= 15 is 0 Å². The predicted octanol–water partition coefficient (Wildman–Crippen LogP) is 3.68. The zero-order valence-electron chi connectivity index (χ0n) is 9.77. The van der Waals surface area contributed by atoms with E-state index in [0.717, 1.165) is 0 Å². The third kappa shape index (κ3) is 2.31. The Labute approximate surface area is 96.9 Å². The van der Waals surface area contributed by atoms with E-state index in [1.165, 1.54) is 22.3 Å². The van der Waals surface area contributed by atoms with Crippen LogP contribution in [0.15, 0.2) is 48.5 Å². The van der Waals surface area contributed by atoms with Crippen molar-refractivity contribution < 1.29 is 0 Å². The molecule has 0 aliphatic rings. The van der Waals surface area contributed by atoms with Gasteiger partial charge in [-0.3, -0.25) is 0 Å². The summed E-state index contributed by atoms with van der Waals surface area (Å²) in [5.41, 5.74) is 10.8. The van der Waals surface area contributed by atoms with Gasteiger partial charge in [0.1, 0.15) is 0 Å². The van der Waals surface area contributed by atoms with E-state index in [2.05, 4.69) is 55.5 Å². The lowest BCUT2D eigenvalue weighted by atomic mass is 9.99. The summed E-state index contributed by atoms with van der Waals surface area (Å²) in [4.78, 5) is 0. The summed E-state index contributed by atoms with van der Waals surface area (Å²) in [7, 11) is 0. The maximum absolute atomic E-state index is 5.89. The van der Waals surface area contributed by atoms with Crippen molar-refractivity contribution in [3.63, 3.8) is 0 Å². The summed E-state index contributed by atoms with van der Waals surface area (Å²) in [6.45, 7) is 4.12. The maximum Gasteiger partial charge on any atom is 0.0266 e. The molecule has 0 fully saturated rings. The van der Waals surface area contributed by atoms with Crippen LogP contribution in [0.25, 0.3) is 11.1 Å². The second kappa shape index (κ2) is 4.50. The van der Waals surface area contributed by atoms with Crippen molar-refractivity contribution in [3.05, 3.63) is 59.7 Å². The SMILES string of the molecule is Cc1cccc(-c2cccc([C@@H](C)N)c2)c1. The number of hydrogen-bond donors (Lipinski definition) is 1. The lowest BCUT2D eigenvalue weighted by Gasteiger charge is -2.08. The molecule has 1 nitrogen and oxygen atoms in total. The average Bonchev–Trinajstić information content (AvgIpc) is 2.29. The molecule has 0 saturated heterocycles. The zero-order chi connectivity index (χ0) is 11.5. The molecule has 0 aromatic heterocycles. The van der Waals surface area contributed by atoms with E-state index in [9.17, 15) is 0 Å². The van der Waals surface area contributed by atoms with Crippen LogP contribution in [0, 0.1) is 6.92 Å². The van der Waals surface area contributed by atoms with E-state index < -0.39 is 0 Å². The summed E-state index contributed by atoms with van der Waals surface area (Å²) < 4.78 is 0. The molecule has 16 heavy (non-hydrogen) atoms. The van der Waals surface area contributed by atoms with E-state index in [1.807, 2.05) is 6.92 Å². The van der Waals surface area contributed by atoms with E-state index in [0.29, 0.717) is 0 Å². The minimum Gasteiger partial charge on any atom is -0.324 e. The monoisotopic (exact) mass is 211 g/mol. The summed E-state index contributed by atoms with van der Waals surface area (Å²) in [6, 6.07) is 17.0. The molecule has 82 valence electrons. The van der Waals surface area contributed by atoms with Gasteiger partial charge in [-0.2, -0.15) is 0 Å². The molecular formula is C15H17N. The third-order valence-corrected chi connectivity index (χ3v) is 2.76. The van der Waals surface area contributed by atoms with Crippen molar-refractivity contribution in [1.29, 1.82) is 0 Å². The van der Waals surface area contributed by atoms with Crippen LogP contribution in [0.5, 0.6) is 0 Å². The molecule has 2 N–H and O–H groups in total. The van der Waals surface area contributed by atoms with Gasteiger partial charge in [-0.1, -0.05) is 48.0 Å². The number of hydrogen-bond acceptors (Lipinski definition) is 1. The molecule has 0 aliphatic carbocycles. The molecular weight excluding hydrogens is 194 g/mol. The van der Waals surface area contributed by atoms with Crippen LogP contribution < -0.4 is 5.73 Å². The van der Waals surface area contributed by atoms with Crippen LogP contribution in [-0.4, -0.2) is 0 Å². The van der Waals surface area contributed by atoms with E-state index in [4.69, 9.17) is 5.73 Å². The molecule has 0 bridgehead atoms. The average molecular weight is 211 g/mol. The van der Waals surface area contributed by atoms with Crippen molar-refractivity contribution >= 4 is 0 Å². The Morgan fingerprint density at radius 2 is 1.56 bits per heavy atom. The Kier molecular flexibility index (Phi) is 3.07. The Hall–Kier alpha value is -1.60. The summed E-state index contributed by atoms with van der Waals surface area (Å²) in [5, 5.41) is 0. The highest BCUT2D eigenvalue weighted by atomic mass is 14.6. The number of nitrogens with two attached hydrogens (primary N) is 1. The number of benzene rings is 2. The van der Waals surface area contributed by atoms with Crippen LogP contribution in [0.4, 0.5) is 0 Å². The second-order valence-electron chi connectivity index (χ2n) is 4.28. The van der Waals surface area contributed by atoms with Gasteiger partial charge in [0.15, 0.2) is 0 Å². The molecule has 0 unspecified atom stereocenters. The minimum atomic E-state index is 0.0877. The number of aryl methyl sites for hydroxylation is 1. The highest BCUT2D eigenvalue weighted by Gasteiger charge is 2.02. The number of rotatable bonds is 2. The van der Waals surface area contributed by atoms with Crippen LogP contribution in [-0.2, 0) is 0 Å². The van der Waals surface area contributed by atoms with Gasteiger partial charge in [0.2, 0.25) is 0 Å². The molecule has 2 aromatic rings. The topological polar surface area (TPSA) is 26.0 Å². The first-order valence-corrected chi connectivity index (χ1v) is 5.59. The van der Waals surface area contributed by atoms with Crippen LogP contribution in [0.2, 0.25) is 0 Å². The Morgan fingerprint density at radius 1 is 0.938 bits per heavy atom. The van der Waals surface area contributed by atoms with E-state index in [1.54, 1.807) is 0 Å². The molecule has 0 spiro atoms. The van der Waals surface area contributed by atoms with Gasteiger partial charge < -0.3 is 5.73 Å². The first-order valence-electron chi connectivity index (χ1n) is 5.59. The Balaban J connectivity index is 2.44. The van der Waals surface area contributed by atoms with Gasteiger partial charge in [0.25, 0.3) is 0 Å². The van der Waals surface area contributed by atoms with Crippen molar-refractivity contribution in [1.82, 2.24) is 0 Å². The minimum absolute atomic E-state index is 0.0877. The lowest BCUT2D eigenvalue weighted by molar-refractivity contribution is 0.819. The van der Waals surface area contributed by atoms with Gasteiger partial charge >= 0.3 is 0 Å². The largest absolute Gasteiger partial charge is 0.324 e. The third-order valence-electron chi connectivity index (χ3n) is 2.76. The van der Waals surface area contributed by atoms with Gasteiger partial charge in [0, 0.05) is 6.04 Å². The molecule has 1 heteroatoms. The molecule has 0 heterocycles. The zero-order valence-corrected chi connectivity index (χ0v) is 9.77. The molecule has 2 rings (SSSR count). The first-order chi connectivity index (χ1) is 7.66. The fraction of sp³-hybridized carbons (Fsp3) is 0.200. The van der Waals surface area contributed by atoms with Crippen LogP contribution in [0.1, 0.15) is 24.1 Å². The highest BCUT2D eigenvalue weighted by Crippen LogP contribution is 2.23. The molecule has 2 aromatic carbocycles. The maximum atomic E-state index is 5.89. The van der Waals surface area contributed by atoms with Crippen molar-refractivity contribution in [3.8, 4) is 11.1 Å². The van der Waals surface area contributed by atoms with E-state index in [-0.39, 0.29) is 6.04 Å². The fourth-order valence-corrected chi connectivity index (χ4v) is 1.83. The fourth-order valence-electron chi connectivity index (χ4n) is 1.83. The lowest BCUT2D eigenvalue weighted by Crippen LogP contribution is -2.04. The molecule has 0 saturated carbocycles. The highest BCUT2D eigenvalue weighted by molar-refractivity contribution is 5.65. The summed E-state index contributed by atoms with van der Waals surface area (Å²) in [5.74, 6) is 0. The smallest absolute Gasteiger partial charge is 0.0266 e. The van der Waals surface area contributed by atoms with Gasteiger partial charge in [-0.15, -0.1) is 0 Å². The Morgan fingerprint density at radius 3 is 2.19 bits per heavy atom. The van der Waals surface area contributed by atoms with Crippen molar-refractivity contribution in [2.24, 2.45) is 5.73 Å². The Bertz CT molecular complexity index is 486. The first kappa shape index (κ1) is 10.9. The molecule has 1 atom stereocenters. The van der Waals surface area contributed by atoms with Gasteiger partial charge in [-0.25, -0.2) is 0 Å². The van der Waals surface area contributed by atoms with Crippen LogP contribution >= 0.6 is 0 Å².